The number of carbonyl (C=O) groups is 1. The summed E-state index contributed by atoms with van der Waals surface area (Å²) >= 11 is 4.80. The van der Waals surface area contributed by atoms with Gasteiger partial charge in [-0.3, -0.25) is 4.79 Å². The molecule has 0 fully saturated rings. The topological polar surface area (TPSA) is 49.3 Å². The first-order valence-corrected chi connectivity index (χ1v) is 7.07. The first-order valence-electron chi connectivity index (χ1n) is 5.40. The van der Waals surface area contributed by atoms with Crippen LogP contribution in [0.15, 0.2) is 39.5 Å². The van der Waals surface area contributed by atoms with Crippen molar-refractivity contribution in [2.45, 2.75) is 13.0 Å². The van der Waals surface area contributed by atoms with Crippen LogP contribution in [0.25, 0.3) is 0 Å². The van der Waals surface area contributed by atoms with E-state index in [0.717, 1.165) is 9.35 Å². The molecule has 1 aromatic heterocycles. The number of hydrogen-bond acceptors (Lipinski definition) is 3. The van der Waals surface area contributed by atoms with E-state index >= 15 is 0 Å². The summed E-state index contributed by atoms with van der Waals surface area (Å²) in [6.45, 7) is 1.88. The molecule has 1 amide bonds. The fourth-order valence-electron chi connectivity index (χ4n) is 1.59. The molecule has 1 aromatic carbocycles. The highest BCUT2D eigenvalue weighted by Crippen LogP contribution is 2.22. The van der Waals surface area contributed by atoms with Crippen molar-refractivity contribution in [1.29, 1.82) is 0 Å². The summed E-state index contributed by atoms with van der Waals surface area (Å²) in [4.78, 5) is 11.9. The van der Waals surface area contributed by atoms with Gasteiger partial charge in [0.1, 0.15) is 5.75 Å². The number of phenols is 1. The monoisotopic (exact) mass is 325 g/mol. The normalized spacial score (nSPS) is 12.1. The third-order valence-corrected chi connectivity index (χ3v) is 4.05. The zero-order valence-electron chi connectivity index (χ0n) is 9.68. The number of aromatic hydroxyl groups is 1. The predicted octanol–water partition coefficient (Wildman–Crippen LogP) is 3.71. The largest absolute Gasteiger partial charge is 0.508 e. The van der Waals surface area contributed by atoms with Gasteiger partial charge in [0.25, 0.3) is 5.91 Å². The molecule has 0 saturated heterocycles. The average Bonchev–Trinajstić information content (AvgIpc) is 2.76. The second-order valence-electron chi connectivity index (χ2n) is 3.93. The summed E-state index contributed by atoms with van der Waals surface area (Å²) in [7, 11) is 0. The van der Waals surface area contributed by atoms with Crippen LogP contribution in [0.3, 0.4) is 0 Å². The van der Waals surface area contributed by atoms with Gasteiger partial charge in [0.2, 0.25) is 0 Å². The second-order valence-corrected chi connectivity index (χ2v) is 6.22. The number of rotatable bonds is 3. The van der Waals surface area contributed by atoms with Crippen LogP contribution in [0.1, 0.15) is 28.9 Å². The zero-order valence-corrected chi connectivity index (χ0v) is 12.1. The van der Waals surface area contributed by atoms with Gasteiger partial charge in [-0.1, -0.05) is 12.1 Å². The summed E-state index contributed by atoms with van der Waals surface area (Å²) in [5.41, 5.74) is 1.51. The Balaban J connectivity index is 2.07. The Labute approximate surface area is 118 Å². The Bertz CT molecular complexity index is 568. The van der Waals surface area contributed by atoms with Crippen molar-refractivity contribution >= 4 is 33.2 Å². The fraction of sp³-hybridized carbons (Fsp3) is 0.154. The van der Waals surface area contributed by atoms with E-state index in [0.29, 0.717) is 5.56 Å². The zero-order chi connectivity index (χ0) is 13.1. The number of hydrogen-bond donors (Lipinski definition) is 2. The molecule has 0 saturated carbocycles. The number of benzene rings is 1. The Morgan fingerprint density at radius 1 is 1.44 bits per heavy atom. The van der Waals surface area contributed by atoms with E-state index in [1.54, 1.807) is 29.6 Å². The van der Waals surface area contributed by atoms with Gasteiger partial charge in [0, 0.05) is 5.38 Å². The number of halogens is 1. The lowest BCUT2D eigenvalue weighted by atomic mass is 10.1. The standard InChI is InChI=1S/C13H12BrNO2S/c1-8(9-3-2-4-11(16)5-9)15-13(17)10-6-12(14)18-7-10/h2-8,16H,1H3,(H,15,17). The van der Waals surface area contributed by atoms with E-state index in [9.17, 15) is 9.90 Å². The van der Waals surface area contributed by atoms with Crippen LogP contribution in [-0.4, -0.2) is 11.0 Å². The first kappa shape index (κ1) is 13.1. The Kier molecular flexibility index (Phi) is 4.04. The number of thiophene rings is 1. The molecule has 2 aromatic rings. The van der Waals surface area contributed by atoms with Crippen LogP contribution >= 0.6 is 27.3 Å². The average molecular weight is 326 g/mol. The van der Waals surface area contributed by atoms with Crippen molar-refractivity contribution in [2.24, 2.45) is 0 Å². The summed E-state index contributed by atoms with van der Waals surface area (Å²) in [5.74, 6) is 0.0830. The van der Waals surface area contributed by atoms with Crippen LogP contribution in [0, 0.1) is 0 Å². The van der Waals surface area contributed by atoms with Gasteiger partial charge in [-0.2, -0.15) is 0 Å². The lowest BCUT2D eigenvalue weighted by molar-refractivity contribution is 0.0940. The van der Waals surface area contributed by atoms with Gasteiger partial charge in [0.05, 0.1) is 15.4 Å². The molecule has 2 N–H and O–H groups in total. The van der Waals surface area contributed by atoms with Crippen LogP contribution in [0.4, 0.5) is 0 Å². The maximum atomic E-state index is 11.9. The number of amides is 1. The van der Waals surface area contributed by atoms with E-state index in [4.69, 9.17) is 0 Å². The SMILES string of the molecule is CC(NC(=O)c1csc(Br)c1)c1cccc(O)c1. The third-order valence-electron chi connectivity index (χ3n) is 2.55. The number of carbonyl (C=O) groups excluding carboxylic acids is 1. The van der Waals surface area contributed by atoms with Crippen molar-refractivity contribution in [3.63, 3.8) is 0 Å². The van der Waals surface area contributed by atoms with Gasteiger partial charge < -0.3 is 10.4 Å². The molecule has 0 aliphatic heterocycles. The molecule has 3 nitrogen and oxygen atoms in total. The van der Waals surface area contributed by atoms with Gasteiger partial charge in [0.15, 0.2) is 0 Å². The lowest BCUT2D eigenvalue weighted by Gasteiger charge is -2.13. The van der Waals surface area contributed by atoms with Gasteiger partial charge in [-0.15, -0.1) is 11.3 Å². The van der Waals surface area contributed by atoms with Gasteiger partial charge in [-0.25, -0.2) is 0 Å². The van der Waals surface area contributed by atoms with Crippen molar-refractivity contribution in [3.05, 3.63) is 50.6 Å². The van der Waals surface area contributed by atoms with E-state index in [2.05, 4.69) is 21.2 Å². The van der Waals surface area contributed by atoms with E-state index in [1.165, 1.54) is 11.3 Å². The Morgan fingerprint density at radius 2 is 2.22 bits per heavy atom. The van der Waals surface area contributed by atoms with Gasteiger partial charge in [-0.05, 0) is 46.6 Å². The third kappa shape index (κ3) is 3.11. The molecule has 0 aliphatic carbocycles. The molecule has 0 aliphatic rings. The molecule has 1 heterocycles. The van der Waals surface area contributed by atoms with Crippen LogP contribution in [-0.2, 0) is 0 Å². The summed E-state index contributed by atoms with van der Waals surface area (Å²) in [5, 5.41) is 14.1. The summed E-state index contributed by atoms with van der Waals surface area (Å²) < 4.78 is 0.928. The summed E-state index contributed by atoms with van der Waals surface area (Å²) in [6, 6.07) is 8.52. The molecule has 1 unspecified atom stereocenters. The molecule has 5 heteroatoms. The highest BCUT2D eigenvalue weighted by atomic mass is 79.9. The quantitative estimate of drug-likeness (QED) is 0.903. The Morgan fingerprint density at radius 3 is 2.83 bits per heavy atom. The Hall–Kier alpha value is -1.33. The lowest BCUT2D eigenvalue weighted by Crippen LogP contribution is -2.26. The minimum Gasteiger partial charge on any atom is -0.508 e. The highest BCUT2D eigenvalue weighted by Gasteiger charge is 2.12. The van der Waals surface area contributed by atoms with Crippen molar-refractivity contribution < 1.29 is 9.90 Å². The van der Waals surface area contributed by atoms with E-state index < -0.39 is 0 Å². The molecule has 0 radical (unpaired) electrons. The molecule has 0 spiro atoms. The molecule has 94 valence electrons. The number of nitrogens with one attached hydrogen (secondary N) is 1. The van der Waals surface area contributed by atoms with Crippen molar-refractivity contribution in [3.8, 4) is 5.75 Å². The minimum absolute atomic E-state index is 0.118. The fourth-order valence-corrected chi connectivity index (χ4v) is 2.72. The molecule has 1 atom stereocenters. The minimum atomic E-state index is -0.150. The molecule has 2 rings (SSSR count). The van der Waals surface area contributed by atoms with E-state index in [-0.39, 0.29) is 17.7 Å². The van der Waals surface area contributed by atoms with E-state index in [1.807, 2.05) is 13.0 Å². The van der Waals surface area contributed by atoms with Crippen molar-refractivity contribution in [2.75, 3.05) is 0 Å². The predicted molar refractivity (Wildman–Crippen MR) is 76.0 cm³/mol. The highest BCUT2D eigenvalue weighted by molar-refractivity contribution is 9.11. The van der Waals surface area contributed by atoms with Crippen LogP contribution in [0.5, 0.6) is 5.75 Å². The van der Waals surface area contributed by atoms with Gasteiger partial charge >= 0.3 is 0 Å². The first-order chi connectivity index (χ1) is 8.56. The van der Waals surface area contributed by atoms with Crippen LogP contribution < -0.4 is 5.32 Å². The molecular formula is C13H12BrNO2S. The maximum absolute atomic E-state index is 11.9. The number of phenolic OH excluding ortho intramolecular Hbond substituents is 1. The molecule has 18 heavy (non-hydrogen) atoms. The van der Waals surface area contributed by atoms with Crippen molar-refractivity contribution in [1.82, 2.24) is 5.32 Å². The summed E-state index contributed by atoms with van der Waals surface area (Å²) in [6.07, 6.45) is 0. The van der Waals surface area contributed by atoms with Crippen LogP contribution in [0.2, 0.25) is 0 Å². The smallest absolute Gasteiger partial charge is 0.252 e. The molecular weight excluding hydrogens is 314 g/mol. The molecule has 0 bridgehead atoms. The second kappa shape index (κ2) is 5.54. The maximum Gasteiger partial charge on any atom is 0.252 e.